The number of aliphatic imine (C=N–C) groups is 1. The number of guanidine groups is 1. The molecule has 0 aromatic rings. The standard InChI is InChI=1S/C17H38N4O.HI/c1-7-21(8-2)16(13-15(4)5)14-20-17(18-6)19-11-10-12-22-9-3;/h15-16H,7-14H2,1-6H3,(H2,18,19,20);1H. The van der Waals surface area contributed by atoms with Gasteiger partial charge in [0.2, 0.25) is 0 Å². The molecule has 6 heteroatoms. The van der Waals surface area contributed by atoms with E-state index in [1.165, 1.54) is 6.42 Å². The summed E-state index contributed by atoms with van der Waals surface area (Å²) in [6, 6.07) is 0.553. The van der Waals surface area contributed by atoms with Crippen LogP contribution in [0.1, 0.15) is 47.5 Å². The summed E-state index contributed by atoms with van der Waals surface area (Å²) in [4.78, 5) is 6.83. The van der Waals surface area contributed by atoms with Crippen molar-refractivity contribution in [2.75, 3.05) is 46.4 Å². The first-order valence-electron chi connectivity index (χ1n) is 8.85. The van der Waals surface area contributed by atoms with Gasteiger partial charge in [-0.15, -0.1) is 24.0 Å². The van der Waals surface area contributed by atoms with Crippen LogP contribution in [0.4, 0.5) is 0 Å². The van der Waals surface area contributed by atoms with E-state index in [2.05, 4.69) is 48.2 Å². The zero-order chi connectivity index (χ0) is 16.8. The Kier molecular flexibility index (Phi) is 18.3. The van der Waals surface area contributed by atoms with Gasteiger partial charge < -0.3 is 15.4 Å². The molecule has 23 heavy (non-hydrogen) atoms. The van der Waals surface area contributed by atoms with Gasteiger partial charge in [0.05, 0.1) is 0 Å². The van der Waals surface area contributed by atoms with Crippen molar-refractivity contribution in [3.8, 4) is 0 Å². The van der Waals surface area contributed by atoms with E-state index in [1.807, 2.05) is 14.0 Å². The van der Waals surface area contributed by atoms with Gasteiger partial charge in [-0.25, -0.2) is 0 Å². The highest BCUT2D eigenvalue weighted by molar-refractivity contribution is 14.0. The fourth-order valence-corrected chi connectivity index (χ4v) is 2.61. The fourth-order valence-electron chi connectivity index (χ4n) is 2.61. The number of likely N-dealkylation sites (N-methyl/N-ethyl adjacent to an activating group) is 1. The molecule has 0 spiro atoms. The molecule has 0 heterocycles. The van der Waals surface area contributed by atoms with Crippen LogP contribution in [-0.2, 0) is 4.74 Å². The minimum atomic E-state index is 0. The van der Waals surface area contributed by atoms with E-state index < -0.39 is 0 Å². The highest BCUT2D eigenvalue weighted by Gasteiger charge is 2.17. The number of hydrogen-bond acceptors (Lipinski definition) is 3. The van der Waals surface area contributed by atoms with Crippen LogP contribution in [0.15, 0.2) is 4.99 Å². The van der Waals surface area contributed by atoms with Gasteiger partial charge in [0.25, 0.3) is 0 Å². The largest absolute Gasteiger partial charge is 0.382 e. The van der Waals surface area contributed by atoms with E-state index in [1.54, 1.807) is 0 Å². The molecule has 1 unspecified atom stereocenters. The maximum Gasteiger partial charge on any atom is 0.191 e. The van der Waals surface area contributed by atoms with Crippen molar-refractivity contribution in [3.63, 3.8) is 0 Å². The molecule has 0 aliphatic heterocycles. The number of nitrogens with zero attached hydrogens (tertiary/aromatic N) is 2. The second-order valence-corrected chi connectivity index (χ2v) is 5.93. The van der Waals surface area contributed by atoms with Crippen molar-refractivity contribution < 1.29 is 4.74 Å². The summed E-state index contributed by atoms with van der Waals surface area (Å²) < 4.78 is 5.34. The predicted octanol–water partition coefficient (Wildman–Crippen LogP) is 2.95. The maximum atomic E-state index is 5.34. The summed E-state index contributed by atoms with van der Waals surface area (Å²) in [6.07, 6.45) is 2.20. The zero-order valence-electron chi connectivity index (χ0n) is 16.0. The van der Waals surface area contributed by atoms with Crippen LogP contribution in [0, 0.1) is 5.92 Å². The third-order valence-corrected chi connectivity index (χ3v) is 3.76. The van der Waals surface area contributed by atoms with Crippen LogP contribution >= 0.6 is 24.0 Å². The van der Waals surface area contributed by atoms with Gasteiger partial charge in [-0.1, -0.05) is 27.7 Å². The summed E-state index contributed by atoms with van der Waals surface area (Å²) >= 11 is 0. The molecule has 0 aromatic heterocycles. The summed E-state index contributed by atoms with van der Waals surface area (Å²) in [5, 5.41) is 6.82. The van der Waals surface area contributed by atoms with Crippen molar-refractivity contribution in [2.24, 2.45) is 10.9 Å². The number of nitrogens with one attached hydrogen (secondary N) is 2. The zero-order valence-corrected chi connectivity index (χ0v) is 18.4. The Hall–Kier alpha value is -0.0800. The lowest BCUT2D eigenvalue weighted by Gasteiger charge is -2.31. The van der Waals surface area contributed by atoms with Crippen LogP contribution in [0.2, 0.25) is 0 Å². The highest BCUT2D eigenvalue weighted by Crippen LogP contribution is 2.10. The molecule has 0 aliphatic rings. The van der Waals surface area contributed by atoms with Crippen LogP contribution in [0.25, 0.3) is 0 Å². The Morgan fingerprint density at radius 3 is 2.26 bits per heavy atom. The predicted molar refractivity (Wildman–Crippen MR) is 112 cm³/mol. The van der Waals surface area contributed by atoms with Crippen molar-refractivity contribution in [1.29, 1.82) is 0 Å². The van der Waals surface area contributed by atoms with Crippen LogP contribution in [-0.4, -0.2) is 63.3 Å². The third-order valence-electron chi connectivity index (χ3n) is 3.76. The minimum Gasteiger partial charge on any atom is -0.382 e. The first kappa shape index (κ1) is 25.2. The topological polar surface area (TPSA) is 48.9 Å². The van der Waals surface area contributed by atoms with Crippen molar-refractivity contribution in [1.82, 2.24) is 15.5 Å². The van der Waals surface area contributed by atoms with Gasteiger partial charge in [0.1, 0.15) is 0 Å². The molecule has 5 nitrogen and oxygen atoms in total. The molecule has 140 valence electrons. The molecule has 0 fully saturated rings. The molecule has 0 aromatic carbocycles. The van der Waals surface area contributed by atoms with Crippen molar-refractivity contribution in [3.05, 3.63) is 0 Å². The van der Waals surface area contributed by atoms with Crippen molar-refractivity contribution >= 4 is 29.9 Å². The van der Waals surface area contributed by atoms with E-state index in [4.69, 9.17) is 4.74 Å². The number of rotatable bonds is 12. The van der Waals surface area contributed by atoms with E-state index in [0.29, 0.717) is 12.0 Å². The fraction of sp³-hybridized carbons (Fsp3) is 0.941. The Labute approximate surface area is 161 Å². The van der Waals surface area contributed by atoms with Gasteiger partial charge in [0.15, 0.2) is 5.96 Å². The van der Waals surface area contributed by atoms with E-state index in [0.717, 1.165) is 51.8 Å². The second-order valence-electron chi connectivity index (χ2n) is 5.93. The average Bonchev–Trinajstić information content (AvgIpc) is 2.50. The van der Waals surface area contributed by atoms with Gasteiger partial charge in [-0.2, -0.15) is 0 Å². The summed E-state index contributed by atoms with van der Waals surface area (Å²) in [6.45, 7) is 16.7. The minimum absolute atomic E-state index is 0. The monoisotopic (exact) mass is 442 g/mol. The molecule has 0 radical (unpaired) electrons. The lowest BCUT2D eigenvalue weighted by molar-refractivity contribution is 0.145. The normalized spacial score (nSPS) is 13.1. The molecule has 0 saturated heterocycles. The number of hydrogen-bond donors (Lipinski definition) is 2. The summed E-state index contributed by atoms with van der Waals surface area (Å²) in [5.74, 6) is 1.59. The maximum absolute atomic E-state index is 5.34. The van der Waals surface area contributed by atoms with Crippen LogP contribution in [0.5, 0.6) is 0 Å². The highest BCUT2D eigenvalue weighted by atomic mass is 127. The van der Waals surface area contributed by atoms with E-state index >= 15 is 0 Å². The van der Waals surface area contributed by atoms with Gasteiger partial charge in [0, 0.05) is 39.4 Å². The smallest absolute Gasteiger partial charge is 0.191 e. The molecular formula is C17H39IN4O. The lowest BCUT2D eigenvalue weighted by atomic mass is 10.0. The molecule has 0 saturated carbocycles. The van der Waals surface area contributed by atoms with Crippen LogP contribution in [0.3, 0.4) is 0 Å². The molecule has 2 N–H and O–H groups in total. The first-order valence-corrected chi connectivity index (χ1v) is 8.85. The summed E-state index contributed by atoms with van der Waals surface area (Å²) in [5.41, 5.74) is 0. The lowest BCUT2D eigenvalue weighted by Crippen LogP contribution is -2.47. The van der Waals surface area contributed by atoms with Gasteiger partial charge >= 0.3 is 0 Å². The third kappa shape index (κ3) is 12.9. The van der Waals surface area contributed by atoms with Crippen LogP contribution < -0.4 is 10.6 Å². The Morgan fingerprint density at radius 1 is 1.13 bits per heavy atom. The Morgan fingerprint density at radius 2 is 1.78 bits per heavy atom. The van der Waals surface area contributed by atoms with Crippen molar-refractivity contribution in [2.45, 2.75) is 53.5 Å². The van der Waals surface area contributed by atoms with E-state index in [9.17, 15) is 0 Å². The second kappa shape index (κ2) is 16.8. The SMILES string of the molecule is CCOCCCNC(=NC)NCC(CC(C)C)N(CC)CC.I. The summed E-state index contributed by atoms with van der Waals surface area (Å²) in [7, 11) is 1.83. The molecule has 0 bridgehead atoms. The quantitative estimate of drug-likeness (QED) is 0.211. The number of ether oxygens (including phenoxy) is 1. The van der Waals surface area contributed by atoms with Gasteiger partial charge in [-0.3, -0.25) is 9.89 Å². The molecule has 1 atom stereocenters. The molecule has 0 aliphatic carbocycles. The number of halogens is 1. The average molecular weight is 442 g/mol. The molecular weight excluding hydrogens is 403 g/mol. The molecule has 0 rings (SSSR count). The molecule has 0 amide bonds. The Balaban J connectivity index is 0. The van der Waals surface area contributed by atoms with Gasteiger partial charge in [-0.05, 0) is 38.8 Å². The Bertz CT molecular complexity index is 284. The first-order chi connectivity index (χ1) is 10.6. The van der Waals surface area contributed by atoms with E-state index in [-0.39, 0.29) is 24.0 Å².